The van der Waals surface area contributed by atoms with Gasteiger partial charge in [-0.2, -0.15) is 13.2 Å². The number of nitrogen functional groups attached to an aromatic ring is 1. The summed E-state index contributed by atoms with van der Waals surface area (Å²) in [6, 6.07) is 4.50. The van der Waals surface area contributed by atoms with Crippen molar-refractivity contribution in [1.29, 1.82) is 0 Å². The number of anilines is 1. The topological polar surface area (TPSA) is 64.7 Å². The molecule has 0 aliphatic heterocycles. The van der Waals surface area contributed by atoms with Crippen molar-refractivity contribution in [3.63, 3.8) is 0 Å². The SMILES string of the molecule is Cc1cc(C)nc(Sc2cc(C(F)(F)F)nc(N)n2)c1. The maximum atomic E-state index is 12.6. The fourth-order valence-corrected chi connectivity index (χ4v) is 2.56. The van der Waals surface area contributed by atoms with E-state index in [-0.39, 0.29) is 5.03 Å². The average Bonchev–Trinajstić information content (AvgIpc) is 2.25. The van der Waals surface area contributed by atoms with E-state index in [0.29, 0.717) is 5.03 Å². The molecule has 0 aliphatic rings. The van der Waals surface area contributed by atoms with Gasteiger partial charge in [-0.15, -0.1) is 0 Å². The van der Waals surface area contributed by atoms with Crippen molar-refractivity contribution in [2.24, 2.45) is 0 Å². The minimum Gasteiger partial charge on any atom is -0.368 e. The zero-order valence-electron chi connectivity index (χ0n) is 10.7. The Labute approximate surface area is 117 Å². The Balaban J connectivity index is 2.36. The van der Waals surface area contributed by atoms with Crippen molar-refractivity contribution < 1.29 is 13.2 Å². The Morgan fingerprint density at radius 3 is 2.25 bits per heavy atom. The Bertz CT molecular complexity index is 623. The number of nitrogens with zero attached hydrogens (tertiary/aromatic N) is 3. The van der Waals surface area contributed by atoms with Gasteiger partial charge in [0.1, 0.15) is 10.1 Å². The molecular formula is C12H11F3N4S. The Morgan fingerprint density at radius 1 is 1.00 bits per heavy atom. The van der Waals surface area contributed by atoms with Gasteiger partial charge in [0.25, 0.3) is 0 Å². The molecule has 2 aromatic rings. The minimum absolute atomic E-state index is 0.113. The highest BCUT2D eigenvalue weighted by Crippen LogP contribution is 2.32. The molecule has 2 heterocycles. The van der Waals surface area contributed by atoms with Crippen LogP contribution in [0.15, 0.2) is 28.3 Å². The van der Waals surface area contributed by atoms with Gasteiger partial charge in [0.2, 0.25) is 5.95 Å². The van der Waals surface area contributed by atoms with Gasteiger partial charge in [-0.1, -0.05) is 0 Å². The molecule has 0 atom stereocenters. The Kier molecular flexibility index (Phi) is 3.85. The van der Waals surface area contributed by atoms with Gasteiger partial charge >= 0.3 is 6.18 Å². The summed E-state index contributed by atoms with van der Waals surface area (Å²) in [6.07, 6.45) is -4.55. The van der Waals surface area contributed by atoms with Crippen molar-refractivity contribution >= 4 is 17.7 Å². The smallest absolute Gasteiger partial charge is 0.368 e. The molecule has 4 nitrogen and oxygen atoms in total. The van der Waals surface area contributed by atoms with Crippen LogP contribution in [0.2, 0.25) is 0 Å². The van der Waals surface area contributed by atoms with Crippen LogP contribution in [-0.2, 0) is 6.18 Å². The molecule has 2 aromatic heterocycles. The van der Waals surface area contributed by atoms with E-state index >= 15 is 0 Å². The maximum Gasteiger partial charge on any atom is 0.433 e. The normalized spacial score (nSPS) is 11.7. The molecule has 0 saturated carbocycles. The summed E-state index contributed by atoms with van der Waals surface area (Å²) in [5.41, 5.74) is 6.01. The molecule has 0 fully saturated rings. The van der Waals surface area contributed by atoms with E-state index in [9.17, 15) is 13.2 Å². The predicted octanol–water partition coefficient (Wildman–Crippen LogP) is 3.24. The van der Waals surface area contributed by atoms with Crippen molar-refractivity contribution in [2.45, 2.75) is 30.1 Å². The number of alkyl halides is 3. The first-order valence-corrected chi connectivity index (χ1v) is 6.40. The summed E-state index contributed by atoms with van der Waals surface area (Å²) >= 11 is 1.02. The third-order valence-electron chi connectivity index (χ3n) is 2.29. The van der Waals surface area contributed by atoms with Gasteiger partial charge < -0.3 is 5.73 Å². The molecule has 0 bridgehead atoms. The number of halogens is 3. The number of hydrogen-bond acceptors (Lipinski definition) is 5. The van der Waals surface area contributed by atoms with Gasteiger partial charge in [-0.25, -0.2) is 15.0 Å². The lowest BCUT2D eigenvalue weighted by molar-refractivity contribution is -0.141. The fourth-order valence-electron chi connectivity index (χ4n) is 1.60. The number of pyridine rings is 1. The molecule has 106 valence electrons. The van der Waals surface area contributed by atoms with E-state index in [1.54, 1.807) is 6.07 Å². The van der Waals surface area contributed by atoms with Crippen molar-refractivity contribution in [3.05, 3.63) is 35.2 Å². The van der Waals surface area contributed by atoms with Crippen molar-refractivity contribution in [3.8, 4) is 0 Å². The van der Waals surface area contributed by atoms with Crippen molar-refractivity contribution in [2.75, 3.05) is 5.73 Å². The van der Waals surface area contributed by atoms with Crippen LogP contribution in [0.3, 0.4) is 0 Å². The van der Waals surface area contributed by atoms with E-state index < -0.39 is 17.8 Å². The zero-order chi connectivity index (χ0) is 14.9. The number of hydrogen-bond donors (Lipinski definition) is 1. The summed E-state index contributed by atoms with van der Waals surface area (Å²) in [7, 11) is 0. The lowest BCUT2D eigenvalue weighted by Gasteiger charge is -2.08. The molecule has 0 saturated heterocycles. The zero-order valence-corrected chi connectivity index (χ0v) is 11.5. The van der Waals surface area contributed by atoms with Crippen molar-refractivity contribution in [1.82, 2.24) is 15.0 Å². The van der Waals surface area contributed by atoms with Crippen LogP contribution in [0, 0.1) is 13.8 Å². The molecule has 8 heteroatoms. The van der Waals surface area contributed by atoms with Crippen LogP contribution in [0.1, 0.15) is 17.0 Å². The van der Waals surface area contributed by atoms with Crippen LogP contribution in [0.5, 0.6) is 0 Å². The quantitative estimate of drug-likeness (QED) is 0.863. The lowest BCUT2D eigenvalue weighted by atomic mass is 10.3. The van der Waals surface area contributed by atoms with Gasteiger partial charge in [0.05, 0.1) is 0 Å². The standard InChI is InChI=1S/C12H11F3N4S/c1-6-3-7(2)17-9(4-6)20-10-5-8(12(13,14)15)18-11(16)19-10/h3-5H,1-2H3,(H2,16,18,19). The highest BCUT2D eigenvalue weighted by molar-refractivity contribution is 7.99. The fraction of sp³-hybridized carbons (Fsp3) is 0.250. The third kappa shape index (κ3) is 3.60. The number of nitrogens with two attached hydrogens (primary N) is 1. The number of rotatable bonds is 2. The van der Waals surface area contributed by atoms with Gasteiger partial charge in [-0.05, 0) is 43.3 Å². The first-order valence-electron chi connectivity index (χ1n) is 5.59. The molecule has 20 heavy (non-hydrogen) atoms. The second-order valence-electron chi connectivity index (χ2n) is 4.17. The second-order valence-corrected chi connectivity index (χ2v) is 5.21. The number of aryl methyl sites for hydroxylation is 2. The molecule has 2 rings (SSSR count). The first-order chi connectivity index (χ1) is 9.24. The molecule has 0 aromatic carbocycles. The summed E-state index contributed by atoms with van der Waals surface area (Å²) in [4.78, 5) is 11.2. The van der Waals surface area contributed by atoms with Gasteiger partial charge in [0, 0.05) is 11.8 Å². The molecule has 0 unspecified atom stereocenters. The highest BCUT2D eigenvalue weighted by Gasteiger charge is 2.33. The largest absolute Gasteiger partial charge is 0.433 e. The van der Waals surface area contributed by atoms with Crippen LogP contribution >= 0.6 is 11.8 Å². The van der Waals surface area contributed by atoms with Gasteiger partial charge in [0.15, 0.2) is 5.69 Å². The summed E-state index contributed by atoms with van der Waals surface area (Å²) in [6.45, 7) is 3.70. The highest BCUT2D eigenvalue weighted by atomic mass is 32.2. The van der Waals surface area contributed by atoms with Crippen LogP contribution in [-0.4, -0.2) is 15.0 Å². The summed E-state index contributed by atoms with van der Waals surface area (Å²) in [5, 5.41) is 0.677. The third-order valence-corrected chi connectivity index (χ3v) is 3.13. The van der Waals surface area contributed by atoms with Crippen LogP contribution in [0.4, 0.5) is 19.1 Å². The molecule has 0 aliphatic carbocycles. The van der Waals surface area contributed by atoms with E-state index in [1.165, 1.54) is 0 Å². The molecule has 2 N–H and O–H groups in total. The lowest BCUT2D eigenvalue weighted by Crippen LogP contribution is -2.11. The first kappa shape index (κ1) is 14.6. The molecule has 0 radical (unpaired) electrons. The van der Waals surface area contributed by atoms with E-state index in [2.05, 4.69) is 15.0 Å². The predicted molar refractivity (Wildman–Crippen MR) is 69.3 cm³/mol. The Hall–Kier alpha value is -1.83. The minimum atomic E-state index is -4.55. The molecular weight excluding hydrogens is 289 g/mol. The second kappa shape index (κ2) is 5.28. The van der Waals surface area contributed by atoms with E-state index in [4.69, 9.17) is 5.73 Å². The summed E-state index contributed by atoms with van der Waals surface area (Å²) < 4.78 is 37.9. The molecule has 0 spiro atoms. The average molecular weight is 300 g/mol. The Morgan fingerprint density at radius 2 is 1.65 bits per heavy atom. The number of aromatic nitrogens is 3. The molecule has 0 amide bonds. The van der Waals surface area contributed by atoms with E-state index in [0.717, 1.165) is 29.1 Å². The summed E-state index contributed by atoms with van der Waals surface area (Å²) in [5.74, 6) is -0.410. The van der Waals surface area contributed by atoms with Crippen LogP contribution in [0.25, 0.3) is 0 Å². The van der Waals surface area contributed by atoms with Crippen LogP contribution < -0.4 is 5.73 Å². The maximum absolute atomic E-state index is 12.6. The van der Waals surface area contributed by atoms with Gasteiger partial charge in [-0.3, -0.25) is 0 Å². The monoisotopic (exact) mass is 300 g/mol. The van der Waals surface area contributed by atoms with E-state index in [1.807, 2.05) is 19.9 Å².